The topological polar surface area (TPSA) is 22.1 Å². The number of hydrogen-bond donors (Lipinski definition) is 0. The average Bonchev–Trinajstić information content (AvgIpc) is 2.82. The molecule has 78 valence electrons. The molecule has 0 unspecified atom stereocenters. The lowest BCUT2D eigenvalue weighted by atomic mass is 9.95. The Labute approximate surface area is 90.0 Å². The lowest BCUT2D eigenvalue weighted by Gasteiger charge is -2.15. The molecule has 1 aliphatic heterocycles. The minimum atomic E-state index is 0.728. The van der Waals surface area contributed by atoms with Crippen molar-refractivity contribution >= 4 is 5.57 Å². The van der Waals surface area contributed by atoms with E-state index in [2.05, 4.69) is 18.2 Å². The first-order valence-corrected chi connectivity index (χ1v) is 5.69. The van der Waals surface area contributed by atoms with E-state index in [0.717, 1.165) is 25.3 Å². The number of fused-ring (bicyclic) bond motifs is 1. The van der Waals surface area contributed by atoms with E-state index in [0.29, 0.717) is 0 Å². The molecule has 0 N–H and O–H groups in total. The maximum atomic E-state index is 5.32. The van der Waals surface area contributed by atoms with Crippen LogP contribution in [0.1, 0.15) is 29.8 Å². The summed E-state index contributed by atoms with van der Waals surface area (Å²) in [4.78, 5) is 4.75. The molecule has 2 heteroatoms. The first kappa shape index (κ1) is 9.10. The van der Waals surface area contributed by atoms with Crippen molar-refractivity contribution in [3.8, 4) is 0 Å². The third-order valence-corrected chi connectivity index (χ3v) is 3.21. The van der Waals surface area contributed by atoms with Crippen molar-refractivity contribution in [2.24, 2.45) is 0 Å². The van der Waals surface area contributed by atoms with Crippen LogP contribution >= 0.6 is 0 Å². The molecule has 2 heterocycles. The van der Waals surface area contributed by atoms with E-state index >= 15 is 0 Å². The Morgan fingerprint density at radius 3 is 2.93 bits per heavy atom. The Morgan fingerprint density at radius 2 is 2.07 bits per heavy atom. The van der Waals surface area contributed by atoms with E-state index in [-0.39, 0.29) is 0 Å². The number of ether oxygens (including phenoxy) is 1. The molecular weight excluding hydrogens is 186 g/mol. The molecule has 3 rings (SSSR count). The minimum absolute atomic E-state index is 0.728. The molecule has 0 aromatic carbocycles. The van der Waals surface area contributed by atoms with Crippen LogP contribution in [-0.2, 0) is 17.6 Å². The van der Waals surface area contributed by atoms with E-state index in [1.54, 1.807) is 0 Å². The van der Waals surface area contributed by atoms with Crippen LogP contribution in [0.15, 0.2) is 18.2 Å². The van der Waals surface area contributed by atoms with E-state index in [9.17, 15) is 0 Å². The molecule has 0 bridgehead atoms. The fraction of sp³-hybridized carbons (Fsp3) is 0.462. The van der Waals surface area contributed by atoms with Gasteiger partial charge in [-0.25, -0.2) is 0 Å². The van der Waals surface area contributed by atoms with Crippen LogP contribution in [0.5, 0.6) is 0 Å². The van der Waals surface area contributed by atoms with Crippen LogP contribution in [0.2, 0.25) is 0 Å². The second kappa shape index (κ2) is 3.78. The van der Waals surface area contributed by atoms with Crippen LogP contribution < -0.4 is 0 Å². The average molecular weight is 201 g/mol. The van der Waals surface area contributed by atoms with Crippen LogP contribution in [0.25, 0.3) is 5.57 Å². The summed E-state index contributed by atoms with van der Waals surface area (Å²) in [6.45, 7) is 1.47. The first-order chi connectivity index (χ1) is 7.43. The second-order valence-electron chi connectivity index (χ2n) is 4.25. The summed E-state index contributed by atoms with van der Waals surface area (Å²) in [7, 11) is 0. The van der Waals surface area contributed by atoms with Crippen molar-refractivity contribution in [3.63, 3.8) is 0 Å². The number of aryl methyl sites for hydroxylation is 2. The molecule has 0 saturated heterocycles. The summed E-state index contributed by atoms with van der Waals surface area (Å²) in [5.41, 5.74) is 5.13. The number of rotatable bonds is 1. The van der Waals surface area contributed by atoms with Gasteiger partial charge < -0.3 is 4.74 Å². The molecule has 0 radical (unpaired) electrons. The van der Waals surface area contributed by atoms with Gasteiger partial charge in [0.15, 0.2) is 0 Å². The fourth-order valence-corrected chi connectivity index (χ4v) is 2.33. The third-order valence-electron chi connectivity index (χ3n) is 3.21. The monoisotopic (exact) mass is 201 g/mol. The van der Waals surface area contributed by atoms with Gasteiger partial charge in [0.2, 0.25) is 0 Å². The van der Waals surface area contributed by atoms with Gasteiger partial charge in [0.1, 0.15) is 0 Å². The van der Waals surface area contributed by atoms with Gasteiger partial charge >= 0.3 is 0 Å². The zero-order valence-electron chi connectivity index (χ0n) is 8.83. The Morgan fingerprint density at radius 1 is 1.13 bits per heavy atom. The Balaban J connectivity index is 1.96. The molecule has 1 aliphatic carbocycles. The summed E-state index contributed by atoms with van der Waals surface area (Å²) in [6.07, 6.45) is 7.10. The quantitative estimate of drug-likeness (QED) is 0.696. The number of aromatic nitrogens is 1. The molecule has 1 aromatic heterocycles. The molecule has 0 fully saturated rings. The largest absolute Gasteiger partial charge is 0.373 e. The van der Waals surface area contributed by atoms with Crippen molar-refractivity contribution in [3.05, 3.63) is 35.2 Å². The molecule has 2 nitrogen and oxygen atoms in total. The Bertz CT molecular complexity index is 409. The van der Waals surface area contributed by atoms with Gasteiger partial charge in [-0.3, -0.25) is 4.98 Å². The molecule has 0 spiro atoms. The minimum Gasteiger partial charge on any atom is -0.373 e. The van der Waals surface area contributed by atoms with Crippen molar-refractivity contribution in [2.75, 3.05) is 13.2 Å². The van der Waals surface area contributed by atoms with E-state index < -0.39 is 0 Å². The maximum absolute atomic E-state index is 5.32. The van der Waals surface area contributed by atoms with E-state index in [1.807, 2.05) is 0 Å². The van der Waals surface area contributed by atoms with Crippen LogP contribution in [0.4, 0.5) is 0 Å². The smallest absolute Gasteiger partial charge is 0.0739 e. The summed E-state index contributed by atoms with van der Waals surface area (Å²) in [5, 5.41) is 0. The molecule has 2 aliphatic rings. The molecule has 0 saturated carbocycles. The third kappa shape index (κ3) is 1.70. The van der Waals surface area contributed by atoms with Crippen molar-refractivity contribution < 1.29 is 4.74 Å². The van der Waals surface area contributed by atoms with Gasteiger partial charge in [-0.15, -0.1) is 0 Å². The maximum Gasteiger partial charge on any atom is 0.0739 e. The van der Waals surface area contributed by atoms with Crippen LogP contribution in [0, 0.1) is 0 Å². The van der Waals surface area contributed by atoms with Crippen LogP contribution in [0.3, 0.4) is 0 Å². The van der Waals surface area contributed by atoms with Gasteiger partial charge in [-0.1, -0.05) is 12.1 Å². The molecular formula is C13H15NO. The highest BCUT2D eigenvalue weighted by Gasteiger charge is 2.14. The molecule has 0 amide bonds. The number of nitrogens with zero attached hydrogens (tertiary/aromatic N) is 1. The Hall–Kier alpha value is -1.15. The van der Waals surface area contributed by atoms with Gasteiger partial charge in [0.05, 0.1) is 18.9 Å². The zero-order valence-corrected chi connectivity index (χ0v) is 8.83. The molecule has 15 heavy (non-hydrogen) atoms. The number of hydrogen-bond acceptors (Lipinski definition) is 2. The lowest BCUT2D eigenvalue weighted by molar-refractivity contribution is 0.216. The van der Waals surface area contributed by atoms with Gasteiger partial charge in [-0.2, -0.15) is 0 Å². The van der Waals surface area contributed by atoms with Crippen LogP contribution in [-0.4, -0.2) is 18.2 Å². The molecule has 1 aromatic rings. The van der Waals surface area contributed by atoms with Crippen molar-refractivity contribution in [1.82, 2.24) is 4.98 Å². The second-order valence-corrected chi connectivity index (χ2v) is 4.25. The summed E-state index contributed by atoms with van der Waals surface area (Å²) >= 11 is 0. The van der Waals surface area contributed by atoms with E-state index in [4.69, 9.17) is 9.72 Å². The molecule has 0 atom stereocenters. The predicted octanol–water partition coefficient (Wildman–Crippen LogP) is 2.37. The van der Waals surface area contributed by atoms with Gasteiger partial charge in [0.25, 0.3) is 0 Å². The highest BCUT2D eigenvalue weighted by molar-refractivity contribution is 5.65. The highest BCUT2D eigenvalue weighted by Crippen LogP contribution is 2.23. The normalized spacial score (nSPS) is 19.9. The highest BCUT2D eigenvalue weighted by atomic mass is 16.5. The first-order valence-electron chi connectivity index (χ1n) is 5.69. The summed E-state index contributed by atoms with van der Waals surface area (Å²) in [6, 6.07) is 4.39. The predicted molar refractivity (Wildman–Crippen MR) is 59.7 cm³/mol. The van der Waals surface area contributed by atoms with Crippen molar-refractivity contribution in [1.29, 1.82) is 0 Å². The summed E-state index contributed by atoms with van der Waals surface area (Å²) < 4.78 is 5.32. The van der Waals surface area contributed by atoms with Crippen molar-refractivity contribution in [2.45, 2.75) is 25.7 Å². The SMILES string of the molecule is C1=C(c2ccc3c(n2)CCCC3)COC1. The summed E-state index contributed by atoms with van der Waals surface area (Å²) in [5.74, 6) is 0. The van der Waals surface area contributed by atoms with Gasteiger partial charge in [-0.05, 0) is 37.3 Å². The van der Waals surface area contributed by atoms with Gasteiger partial charge in [0, 0.05) is 11.3 Å². The lowest BCUT2D eigenvalue weighted by Crippen LogP contribution is -2.07. The zero-order chi connectivity index (χ0) is 10.1. The van der Waals surface area contributed by atoms with E-state index in [1.165, 1.54) is 36.1 Å². The Kier molecular flexibility index (Phi) is 2.29. The fourth-order valence-electron chi connectivity index (χ4n) is 2.33. The standard InChI is InChI=1S/C13H15NO/c1-2-4-12-10(3-1)5-6-13(14-12)11-7-8-15-9-11/h5-7H,1-4,8-9H2. The number of pyridine rings is 1.